The molecule has 0 aliphatic rings. The highest BCUT2D eigenvalue weighted by molar-refractivity contribution is 5.66. The van der Waals surface area contributed by atoms with Crippen molar-refractivity contribution < 1.29 is 13.9 Å². The van der Waals surface area contributed by atoms with E-state index in [1.165, 1.54) is 24.3 Å². The molecule has 2 rings (SSSR count). The van der Waals surface area contributed by atoms with Crippen molar-refractivity contribution in [1.82, 2.24) is 0 Å². The molecule has 0 heterocycles. The summed E-state index contributed by atoms with van der Waals surface area (Å²) in [7, 11) is 0. The van der Waals surface area contributed by atoms with Crippen LogP contribution in [0.1, 0.15) is 25.5 Å². The van der Waals surface area contributed by atoms with Crippen molar-refractivity contribution in [3.63, 3.8) is 0 Å². The van der Waals surface area contributed by atoms with E-state index in [1.807, 2.05) is 11.8 Å². The molecule has 0 aromatic heterocycles. The van der Waals surface area contributed by atoms with Gasteiger partial charge in [-0.3, -0.25) is 0 Å². The summed E-state index contributed by atoms with van der Waals surface area (Å²) in [6.07, 6.45) is -0.802. The first kappa shape index (κ1) is 14.5. The second-order valence-electron chi connectivity index (χ2n) is 4.60. The van der Waals surface area contributed by atoms with Crippen molar-refractivity contribution in [2.24, 2.45) is 0 Å². The Labute approximate surface area is 117 Å². The fourth-order valence-corrected chi connectivity index (χ4v) is 2.24. The highest BCUT2D eigenvalue weighted by Crippen LogP contribution is 2.32. The van der Waals surface area contributed by atoms with Gasteiger partial charge in [-0.05, 0) is 50.2 Å². The van der Waals surface area contributed by atoms with Crippen molar-refractivity contribution in [1.29, 1.82) is 0 Å². The van der Waals surface area contributed by atoms with Crippen LogP contribution in [0.3, 0.4) is 0 Å². The molecule has 2 aromatic rings. The van der Waals surface area contributed by atoms with E-state index in [2.05, 4.69) is 0 Å². The van der Waals surface area contributed by atoms with E-state index in [-0.39, 0.29) is 5.82 Å². The normalized spacial score (nSPS) is 12.2. The van der Waals surface area contributed by atoms with Crippen molar-refractivity contribution in [3.05, 3.63) is 59.7 Å². The summed E-state index contributed by atoms with van der Waals surface area (Å²) in [5.41, 5.74) is 1.83. The molecule has 0 aliphatic heterocycles. The molecule has 0 saturated heterocycles. The molecule has 0 amide bonds. The van der Waals surface area contributed by atoms with Crippen LogP contribution in [0.2, 0.25) is 0 Å². The first-order valence-electron chi connectivity index (χ1n) is 6.53. The lowest BCUT2D eigenvalue weighted by molar-refractivity contribution is 0.199. The molecule has 0 radical (unpaired) electrons. The second kappa shape index (κ2) is 6.01. The molecule has 0 fully saturated rings. The van der Waals surface area contributed by atoms with Gasteiger partial charge >= 0.3 is 0 Å². The van der Waals surface area contributed by atoms with Gasteiger partial charge < -0.3 is 10.0 Å². The third kappa shape index (κ3) is 2.96. The summed E-state index contributed by atoms with van der Waals surface area (Å²) in [5, 5.41) is 9.81. The Morgan fingerprint density at radius 1 is 1.10 bits per heavy atom. The van der Waals surface area contributed by atoms with Crippen LogP contribution in [-0.2, 0) is 0 Å². The summed E-state index contributed by atoms with van der Waals surface area (Å²) < 4.78 is 26.7. The maximum atomic E-state index is 13.4. The Morgan fingerprint density at radius 2 is 1.80 bits per heavy atom. The zero-order chi connectivity index (χ0) is 14.7. The third-order valence-electron chi connectivity index (χ3n) is 3.17. The fraction of sp³-hybridized carbons (Fsp3) is 0.250. The van der Waals surface area contributed by atoms with Gasteiger partial charge in [0.15, 0.2) is 0 Å². The molecular weight excluding hydrogens is 260 g/mol. The van der Waals surface area contributed by atoms with Crippen LogP contribution in [0, 0.1) is 11.6 Å². The van der Waals surface area contributed by atoms with Gasteiger partial charge in [-0.15, -0.1) is 0 Å². The monoisotopic (exact) mass is 277 g/mol. The third-order valence-corrected chi connectivity index (χ3v) is 3.17. The molecule has 20 heavy (non-hydrogen) atoms. The molecule has 2 aromatic carbocycles. The van der Waals surface area contributed by atoms with E-state index in [4.69, 9.17) is 0 Å². The summed E-state index contributed by atoms with van der Waals surface area (Å²) in [5.74, 6) is -0.735. The number of rotatable bonds is 4. The molecular formula is C16H17F2NO. The van der Waals surface area contributed by atoms with Crippen molar-refractivity contribution in [2.75, 3.05) is 11.4 Å². The Morgan fingerprint density at radius 3 is 2.40 bits per heavy atom. The average Bonchev–Trinajstić information content (AvgIpc) is 2.41. The van der Waals surface area contributed by atoms with Gasteiger partial charge in [0.2, 0.25) is 0 Å². The van der Waals surface area contributed by atoms with E-state index < -0.39 is 11.9 Å². The number of aliphatic hydroxyl groups excluding tert-OH is 1. The standard InChI is InChI=1S/C16H17F2NO/c1-3-19(14-6-4-5-12(17)9-14)16-8-7-13(18)10-15(16)11(2)20/h4-11,20H,3H2,1-2H3/t11-/m1/s1. The van der Waals surface area contributed by atoms with E-state index in [0.29, 0.717) is 23.5 Å². The smallest absolute Gasteiger partial charge is 0.125 e. The molecule has 1 N–H and O–H groups in total. The van der Waals surface area contributed by atoms with E-state index in [9.17, 15) is 13.9 Å². The molecule has 0 unspecified atom stereocenters. The molecule has 2 nitrogen and oxygen atoms in total. The quantitative estimate of drug-likeness (QED) is 0.906. The second-order valence-corrected chi connectivity index (χ2v) is 4.60. The minimum atomic E-state index is -0.802. The van der Waals surface area contributed by atoms with E-state index >= 15 is 0 Å². The van der Waals surface area contributed by atoms with Gasteiger partial charge in [-0.2, -0.15) is 0 Å². The summed E-state index contributed by atoms with van der Waals surface area (Å²) >= 11 is 0. The van der Waals surface area contributed by atoms with Gasteiger partial charge in [0.05, 0.1) is 6.10 Å². The van der Waals surface area contributed by atoms with Crippen molar-refractivity contribution in [3.8, 4) is 0 Å². The minimum Gasteiger partial charge on any atom is -0.389 e. The van der Waals surface area contributed by atoms with Crippen LogP contribution < -0.4 is 4.90 Å². The molecule has 4 heteroatoms. The lowest BCUT2D eigenvalue weighted by Gasteiger charge is -2.27. The van der Waals surface area contributed by atoms with Crippen LogP contribution >= 0.6 is 0 Å². The van der Waals surface area contributed by atoms with Crippen molar-refractivity contribution >= 4 is 11.4 Å². The molecule has 0 saturated carbocycles. The van der Waals surface area contributed by atoms with Crippen LogP contribution in [0.25, 0.3) is 0 Å². The topological polar surface area (TPSA) is 23.5 Å². The van der Waals surface area contributed by atoms with Crippen LogP contribution in [-0.4, -0.2) is 11.7 Å². The maximum Gasteiger partial charge on any atom is 0.125 e. The zero-order valence-corrected chi connectivity index (χ0v) is 11.5. The van der Waals surface area contributed by atoms with Gasteiger partial charge in [-0.1, -0.05) is 6.07 Å². The number of aliphatic hydroxyl groups is 1. The lowest BCUT2D eigenvalue weighted by Crippen LogP contribution is -2.18. The van der Waals surface area contributed by atoms with Gasteiger partial charge in [0.25, 0.3) is 0 Å². The number of benzene rings is 2. The summed E-state index contributed by atoms with van der Waals surface area (Å²) in [6, 6.07) is 10.4. The predicted molar refractivity (Wildman–Crippen MR) is 76.1 cm³/mol. The Bertz CT molecular complexity index is 599. The average molecular weight is 277 g/mol. The lowest BCUT2D eigenvalue weighted by atomic mass is 10.1. The van der Waals surface area contributed by atoms with E-state index in [0.717, 1.165) is 0 Å². The number of halogens is 2. The van der Waals surface area contributed by atoms with Crippen LogP contribution in [0.15, 0.2) is 42.5 Å². The van der Waals surface area contributed by atoms with Crippen molar-refractivity contribution in [2.45, 2.75) is 20.0 Å². The fourth-order valence-electron chi connectivity index (χ4n) is 2.24. The highest BCUT2D eigenvalue weighted by Gasteiger charge is 2.16. The molecule has 106 valence electrons. The maximum absolute atomic E-state index is 13.4. The Kier molecular flexibility index (Phi) is 4.35. The minimum absolute atomic E-state index is 0.332. The highest BCUT2D eigenvalue weighted by atomic mass is 19.1. The molecule has 0 spiro atoms. The predicted octanol–water partition coefficient (Wildman–Crippen LogP) is 4.18. The number of nitrogens with zero attached hydrogens (tertiary/aromatic N) is 1. The first-order valence-corrected chi connectivity index (χ1v) is 6.53. The van der Waals surface area contributed by atoms with Gasteiger partial charge in [0, 0.05) is 23.5 Å². The summed E-state index contributed by atoms with van der Waals surface area (Å²) in [4.78, 5) is 1.84. The van der Waals surface area contributed by atoms with Gasteiger partial charge in [0.1, 0.15) is 11.6 Å². The van der Waals surface area contributed by atoms with E-state index in [1.54, 1.807) is 25.1 Å². The zero-order valence-electron chi connectivity index (χ0n) is 11.5. The SMILES string of the molecule is CCN(c1cccc(F)c1)c1ccc(F)cc1[C@@H](C)O. The number of hydrogen-bond acceptors (Lipinski definition) is 2. The van der Waals surface area contributed by atoms with Crippen LogP contribution in [0.4, 0.5) is 20.2 Å². The van der Waals surface area contributed by atoms with Crippen LogP contribution in [0.5, 0.6) is 0 Å². The molecule has 1 atom stereocenters. The Hall–Kier alpha value is -1.94. The number of anilines is 2. The summed E-state index contributed by atoms with van der Waals surface area (Å²) in [6.45, 7) is 4.08. The number of hydrogen-bond donors (Lipinski definition) is 1. The molecule has 0 aliphatic carbocycles. The molecule has 0 bridgehead atoms. The van der Waals surface area contributed by atoms with Gasteiger partial charge in [-0.25, -0.2) is 8.78 Å². The Balaban J connectivity index is 2.52. The first-order chi connectivity index (χ1) is 9.52. The largest absolute Gasteiger partial charge is 0.389 e.